The van der Waals surface area contributed by atoms with Gasteiger partial charge in [-0.25, -0.2) is 4.79 Å². The first-order valence-corrected chi connectivity index (χ1v) is 6.93. The van der Waals surface area contributed by atoms with Gasteiger partial charge in [-0.2, -0.15) is 0 Å². The lowest BCUT2D eigenvalue weighted by atomic mass is 10.2. The van der Waals surface area contributed by atoms with Gasteiger partial charge in [0.25, 0.3) is 0 Å². The minimum Gasteiger partial charge on any atom is -0.491 e. The number of amides is 1. The number of carbonyl (C=O) groups is 1. The highest BCUT2D eigenvalue weighted by molar-refractivity contribution is 9.10. The maximum absolute atomic E-state index is 11.5. The Morgan fingerprint density at radius 2 is 1.89 bits per heavy atom. The predicted molar refractivity (Wildman–Crippen MR) is 78.5 cm³/mol. The van der Waals surface area contributed by atoms with E-state index in [4.69, 9.17) is 9.47 Å². The van der Waals surface area contributed by atoms with Crippen LogP contribution in [0.25, 0.3) is 0 Å². The van der Waals surface area contributed by atoms with Crippen molar-refractivity contribution >= 4 is 22.0 Å². The van der Waals surface area contributed by atoms with E-state index in [1.165, 1.54) is 0 Å². The molecule has 1 aromatic rings. The number of halogens is 1. The fourth-order valence-corrected chi connectivity index (χ4v) is 1.57. The van der Waals surface area contributed by atoms with E-state index in [-0.39, 0.29) is 6.04 Å². The van der Waals surface area contributed by atoms with Crippen LogP contribution in [-0.4, -0.2) is 24.3 Å². The van der Waals surface area contributed by atoms with Crippen LogP contribution in [0.4, 0.5) is 4.79 Å². The van der Waals surface area contributed by atoms with Gasteiger partial charge in [-0.1, -0.05) is 15.9 Å². The van der Waals surface area contributed by atoms with Crippen LogP contribution >= 0.6 is 15.9 Å². The standard InChI is InChI=1S/C14H20BrNO3/c1-10(16-13(17)19-14(2,3)4)9-18-12-7-5-11(15)6-8-12/h5-8,10H,9H2,1-4H3,(H,16,17)/t10-/m1/s1. The Bertz CT molecular complexity index is 412. The molecule has 0 fully saturated rings. The summed E-state index contributed by atoms with van der Waals surface area (Å²) >= 11 is 3.36. The van der Waals surface area contributed by atoms with E-state index < -0.39 is 11.7 Å². The molecule has 1 N–H and O–H groups in total. The van der Waals surface area contributed by atoms with E-state index >= 15 is 0 Å². The number of alkyl carbamates (subject to hydrolysis) is 1. The summed E-state index contributed by atoms with van der Waals surface area (Å²) < 4.78 is 11.7. The Morgan fingerprint density at radius 1 is 1.32 bits per heavy atom. The van der Waals surface area contributed by atoms with Gasteiger partial charge < -0.3 is 14.8 Å². The van der Waals surface area contributed by atoms with Gasteiger partial charge in [0, 0.05) is 4.47 Å². The van der Waals surface area contributed by atoms with Gasteiger partial charge in [-0.15, -0.1) is 0 Å². The summed E-state index contributed by atoms with van der Waals surface area (Å²) in [5.41, 5.74) is -0.490. The summed E-state index contributed by atoms with van der Waals surface area (Å²) in [5.74, 6) is 0.765. The Balaban J connectivity index is 2.33. The molecule has 106 valence electrons. The van der Waals surface area contributed by atoms with Crippen molar-refractivity contribution in [3.8, 4) is 5.75 Å². The molecule has 1 amide bonds. The summed E-state index contributed by atoms with van der Waals surface area (Å²) in [4.78, 5) is 11.5. The third kappa shape index (κ3) is 7.06. The van der Waals surface area contributed by atoms with Crippen LogP contribution < -0.4 is 10.1 Å². The van der Waals surface area contributed by atoms with Crippen molar-refractivity contribution in [1.29, 1.82) is 0 Å². The van der Waals surface area contributed by atoms with Crippen molar-refractivity contribution in [2.24, 2.45) is 0 Å². The normalized spacial score (nSPS) is 12.7. The fourth-order valence-electron chi connectivity index (χ4n) is 1.30. The molecule has 0 spiro atoms. The first-order valence-electron chi connectivity index (χ1n) is 6.14. The molecule has 0 aliphatic heterocycles. The largest absolute Gasteiger partial charge is 0.491 e. The van der Waals surface area contributed by atoms with Crippen LogP contribution in [0.5, 0.6) is 5.75 Å². The zero-order chi connectivity index (χ0) is 14.5. The maximum Gasteiger partial charge on any atom is 0.407 e. The molecule has 0 saturated carbocycles. The second-order valence-electron chi connectivity index (χ2n) is 5.31. The lowest BCUT2D eigenvalue weighted by Crippen LogP contribution is -2.40. The second kappa shape index (κ2) is 6.80. The van der Waals surface area contributed by atoms with Crippen LogP contribution in [0, 0.1) is 0 Å². The van der Waals surface area contributed by atoms with Gasteiger partial charge >= 0.3 is 6.09 Å². The van der Waals surface area contributed by atoms with Crippen molar-refractivity contribution in [2.75, 3.05) is 6.61 Å². The highest BCUT2D eigenvalue weighted by Crippen LogP contribution is 2.16. The average molecular weight is 330 g/mol. The molecule has 0 aliphatic rings. The van der Waals surface area contributed by atoms with Crippen molar-refractivity contribution in [1.82, 2.24) is 5.32 Å². The Hall–Kier alpha value is -1.23. The van der Waals surface area contributed by atoms with Gasteiger partial charge in [-0.05, 0) is 52.0 Å². The van der Waals surface area contributed by atoms with Crippen molar-refractivity contribution in [3.05, 3.63) is 28.7 Å². The number of nitrogens with one attached hydrogen (secondary N) is 1. The molecule has 1 rings (SSSR count). The summed E-state index contributed by atoms with van der Waals surface area (Å²) in [6.45, 7) is 7.74. The van der Waals surface area contributed by atoms with Gasteiger partial charge in [-0.3, -0.25) is 0 Å². The van der Waals surface area contributed by atoms with Crippen LogP contribution in [0.15, 0.2) is 28.7 Å². The monoisotopic (exact) mass is 329 g/mol. The Morgan fingerprint density at radius 3 is 2.42 bits per heavy atom. The third-order valence-corrected chi connectivity index (χ3v) is 2.61. The average Bonchev–Trinajstić information content (AvgIpc) is 2.25. The topological polar surface area (TPSA) is 47.6 Å². The van der Waals surface area contributed by atoms with E-state index in [9.17, 15) is 4.79 Å². The van der Waals surface area contributed by atoms with Crippen molar-refractivity contribution < 1.29 is 14.3 Å². The highest BCUT2D eigenvalue weighted by Gasteiger charge is 2.17. The van der Waals surface area contributed by atoms with Crippen molar-refractivity contribution in [3.63, 3.8) is 0 Å². The van der Waals surface area contributed by atoms with E-state index in [2.05, 4.69) is 21.2 Å². The molecular formula is C14H20BrNO3. The van der Waals surface area contributed by atoms with E-state index in [1.54, 1.807) is 0 Å². The predicted octanol–water partition coefficient (Wildman–Crippen LogP) is 3.74. The molecule has 0 aromatic heterocycles. The lowest BCUT2D eigenvalue weighted by Gasteiger charge is -2.22. The minimum absolute atomic E-state index is 0.126. The molecule has 0 aliphatic carbocycles. The number of ether oxygens (including phenoxy) is 2. The van der Waals surface area contributed by atoms with E-state index in [0.29, 0.717) is 6.61 Å². The van der Waals surface area contributed by atoms with Crippen LogP contribution in [0.2, 0.25) is 0 Å². The summed E-state index contributed by atoms with van der Waals surface area (Å²) in [7, 11) is 0. The third-order valence-electron chi connectivity index (χ3n) is 2.08. The summed E-state index contributed by atoms with van der Waals surface area (Å²) in [6.07, 6.45) is -0.431. The number of carbonyl (C=O) groups excluding carboxylic acids is 1. The maximum atomic E-state index is 11.5. The van der Waals surface area contributed by atoms with Gasteiger partial charge in [0.15, 0.2) is 0 Å². The lowest BCUT2D eigenvalue weighted by molar-refractivity contribution is 0.0494. The summed E-state index contributed by atoms with van der Waals surface area (Å²) in [5, 5.41) is 2.72. The molecule has 0 bridgehead atoms. The molecule has 1 aromatic carbocycles. The van der Waals surface area contributed by atoms with Crippen LogP contribution in [0.1, 0.15) is 27.7 Å². The molecule has 1 atom stereocenters. The first-order chi connectivity index (χ1) is 8.76. The van der Waals surface area contributed by atoms with E-state index in [1.807, 2.05) is 52.0 Å². The molecular weight excluding hydrogens is 310 g/mol. The van der Waals surface area contributed by atoms with Gasteiger partial charge in [0.2, 0.25) is 0 Å². The number of rotatable bonds is 4. The Labute approximate surface area is 122 Å². The SMILES string of the molecule is C[C@H](COc1ccc(Br)cc1)NC(=O)OC(C)(C)C. The molecule has 0 heterocycles. The van der Waals surface area contributed by atoms with Gasteiger partial charge in [0.05, 0.1) is 6.04 Å². The molecule has 19 heavy (non-hydrogen) atoms. The molecule has 4 nitrogen and oxygen atoms in total. The zero-order valence-corrected chi connectivity index (χ0v) is 13.3. The smallest absolute Gasteiger partial charge is 0.407 e. The number of hydrogen-bond acceptors (Lipinski definition) is 3. The summed E-state index contributed by atoms with van der Waals surface area (Å²) in [6, 6.07) is 7.41. The van der Waals surface area contributed by atoms with Crippen LogP contribution in [0.3, 0.4) is 0 Å². The quantitative estimate of drug-likeness (QED) is 0.915. The molecule has 0 unspecified atom stereocenters. The molecule has 5 heteroatoms. The highest BCUT2D eigenvalue weighted by atomic mass is 79.9. The van der Waals surface area contributed by atoms with Gasteiger partial charge in [0.1, 0.15) is 18.0 Å². The second-order valence-corrected chi connectivity index (χ2v) is 6.23. The number of benzene rings is 1. The first kappa shape index (κ1) is 15.8. The Kier molecular flexibility index (Phi) is 5.66. The molecule has 0 saturated heterocycles. The minimum atomic E-state index is -0.490. The zero-order valence-electron chi connectivity index (χ0n) is 11.7. The number of hydrogen-bond donors (Lipinski definition) is 1. The molecule has 0 radical (unpaired) electrons. The van der Waals surface area contributed by atoms with Crippen LogP contribution in [-0.2, 0) is 4.74 Å². The fraction of sp³-hybridized carbons (Fsp3) is 0.500. The van der Waals surface area contributed by atoms with Crippen molar-refractivity contribution in [2.45, 2.75) is 39.3 Å². The van der Waals surface area contributed by atoms with E-state index in [0.717, 1.165) is 10.2 Å².